The van der Waals surface area contributed by atoms with E-state index in [1.165, 1.54) is 11.1 Å². The van der Waals surface area contributed by atoms with Crippen LogP contribution in [-0.4, -0.2) is 32.2 Å². The Morgan fingerprint density at radius 3 is 2.14 bits per heavy atom. The molecule has 2 aromatic carbocycles. The van der Waals surface area contributed by atoms with Gasteiger partial charge >= 0.3 is 0 Å². The van der Waals surface area contributed by atoms with E-state index in [0.29, 0.717) is 12.6 Å². The zero-order chi connectivity index (χ0) is 21.9. The molecule has 0 aromatic heterocycles. The second-order valence-electron chi connectivity index (χ2n) is 6.89. The molecule has 0 aliphatic rings. The van der Waals surface area contributed by atoms with Crippen LogP contribution < -0.4 is 15.9 Å². The molecule has 0 bridgehead atoms. The summed E-state index contributed by atoms with van der Waals surface area (Å²) >= 11 is 0. The number of anilines is 2. The van der Waals surface area contributed by atoms with Gasteiger partial charge in [-0.25, -0.2) is 9.98 Å². The molecule has 2 aromatic rings. The van der Waals surface area contributed by atoms with Gasteiger partial charge in [-0.3, -0.25) is 0 Å². The Balaban J connectivity index is 0.00000132. The second-order valence-corrected chi connectivity index (χ2v) is 10.1. The number of hydrogen-bond donors (Lipinski definition) is 2. The van der Waals surface area contributed by atoms with Crippen molar-refractivity contribution in [3.8, 4) is 12.3 Å². The molecule has 0 saturated carbocycles. The van der Waals surface area contributed by atoms with Gasteiger partial charge in [0.05, 0.1) is 0 Å². The lowest BCUT2D eigenvalue weighted by atomic mass is 10.1. The SMILES string of the molecule is C#CC.C/C=N\C(=N/CNc1ccc(P(C)(C)=O)cc1)Nc1cc(C)cc(C)c1. The van der Waals surface area contributed by atoms with Crippen LogP contribution >= 0.6 is 7.14 Å². The monoisotopic (exact) mass is 410 g/mol. The van der Waals surface area contributed by atoms with E-state index >= 15 is 0 Å². The van der Waals surface area contributed by atoms with Crippen LogP contribution in [0, 0.1) is 26.2 Å². The minimum absolute atomic E-state index is 0.389. The highest BCUT2D eigenvalue weighted by Crippen LogP contribution is 2.34. The first-order valence-corrected chi connectivity index (χ1v) is 11.9. The smallest absolute Gasteiger partial charge is 0.223 e. The molecule has 2 rings (SSSR count). The van der Waals surface area contributed by atoms with Crippen molar-refractivity contribution in [1.29, 1.82) is 0 Å². The quantitative estimate of drug-likeness (QED) is 0.311. The van der Waals surface area contributed by atoms with Crippen LogP contribution in [0.2, 0.25) is 0 Å². The number of aryl methyl sites for hydroxylation is 2. The maximum absolute atomic E-state index is 12.1. The number of benzene rings is 2. The summed E-state index contributed by atoms with van der Waals surface area (Å²) in [5, 5.41) is 7.36. The summed E-state index contributed by atoms with van der Waals surface area (Å²) in [6.07, 6.45) is 6.31. The van der Waals surface area contributed by atoms with Gasteiger partial charge in [0.25, 0.3) is 0 Å². The van der Waals surface area contributed by atoms with Crippen LogP contribution in [0.15, 0.2) is 52.4 Å². The molecule has 0 radical (unpaired) electrons. The third-order valence-electron chi connectivity index (χ3n) is 3.73. The van der Waals surface area contributed by atoms with E-state index in [1.54, 1.807) is 26.5 Å². The molecule has 0 atom stereocenters. The van der Waals surface area contributed by atoms with Crippen LogP contribution in [0.3, 0.4) is 0 Å². The minimum atomic E-state index is -2.22. The maximum atomic E-state index is 12.1. The Morgan fingerprint density at radius 2 is 1.66 bits per heavy atom. The van der Waals surface area contributed by atoms with Crippen molar-refractivity contribution in [3.63, 3.8) is 0 Å². The number of terminal acetylenes is 1. The van der Waals surface area contributed by atoms with Crippen LogP contribution in [0.5, 0.6) is 0 Å². The van der Waals surface area contributed by atoms with Gasteiger partial charge in [0.1, 0.15) is 13.8 Å². The normalized spacial score (nSPS) is 11.4. The van der Waals surface area contributed by atoms with Crippen LogP contribution in [0.4, 0.5) is 11.4 Å². The minimum Gasteiger partial charge on any atom is -0.366 e. The number of rotatable bonds is 5. The summed E-state index contributed by atoms with van der Waals surface area (Å²) < 4.78 is 12.1. The number of nitrogens with zero attached hydrogens (tertiary/aromatic N) is 2. The van der Waals surface area contributed by atoms with Crippen LogP contribution in [0.25, 0.3) is 0 Å². The van der Waals surface area contributed by atoms with Gasteiger partial charge < -0.3 is 15.2 Å². The Labute approximate surface area is 175 Å². The highest BCUT2D eigenvalue weighted by atomic mass is 31.2. The largest absolute Gasteiger partial charge is 0.366 e. The van der Waals surface area contributed by atoms with Crippen molar-refractivity contribution >= 4 is 36.0 Å². The molecule has 154 valence electrons. The zero-order valence-electron chi connectivity index (χ0n) is 18.2. The number of guanidine groups is 1. The van der Waals surface area contributed by atoms with E-state index < -0.39 is 7.14 Å². The van der Waals surface area contributed by atoms with Crippen molar-refractivity contribution in [2.75, 3.05) is 30.6 Å². The van der Waals surface area contributed by atoms with Crippen molar-refractivity contribution in [2.45, 2.75) is 27.7 Å². The van der Waals surface area contributed by atoms with Gasteiger partial charge in [0.15, 0.2) is 0 Å². The Bertz CT molecular complexity index is 914. The van der Waals surface area contributed by atoms with Crippen molar-refractivity contribution in [2.24, 2.45) is 9.98 Å². The van der Waals surface area contributed by atoms with Crippen molar-refractivity contribution < 1.29 is 4.57 Å². The maximum Gasteiger partial charge on any atom is 0.223 e. The van der Waals surface area contributed by atoms with Gasteiger partial charge in [-0.15, -0.1) is 12.3 Å². The van der Waals surface area contributed by atoms with E-state index in [9.17, 15) is 4.57 Å². The molecule has 0 spiro atoms. The first kappa shape index (κ1) is 24.2. The molecule has 0 saturated heterocycles. The molecular formula is C23H31N4OP. The zero-order valence-corrected chi connectivity index (χ0v) is 19.0. The van der Waals surface area contributed by atoms with E-state index in [0.717, 1.165) is 16.7 Å². The Hall–Kier alpha value is -2.83. The predicted molar refractivity (Wildman–Crippen MR) is 130 cm³/mol. The highest BCUT2D eigenvalue weighted by Gasteiger charge is 2.09. The second kappa shape index (κ2) is 11.9. The van der Waals surface area contributed by atoms with Gasteiger partial charge in [-0.05, 0) is 88.5 Å². The number of hydrogen-bond acceptors (Lipinski definition) is 3. The summed E-state index contributed by atoms with van der Waals surface area (Å²) in [6, 6.07) is 13.9. The average molecular weight is 411 g/mol. The van der Waals surface area contributed by atoms with E-state index in [-0.39, 0.29) is 0 Å². The fraction of sp³-hybridized carbons (Fsp3) is 0.304. The molecule has 5 nitrogen and oxygen atoms in total. The third kappa shape index (κ3) is 9.27. The molecule has 0 unspecified atom stereocenters. The molecule has 6 heteroatoms. The predicted octanol–water partition coefficient (Wildman–Crippen LogP) is 5.12. The lowest BCUT2D eigenvalue weighted by molar-refractivity contribution is 0.588. The Kier molecular flexibility index (Phi) is 9.92. The highest BCUT2D eigenvalue weighted by molar-refractivity contribution is 7.70. The molecule has 0 aliphatic heterocycles. The molecule has 0 fully saturated rings. The summed E-state index contributed by atoms with van der Waals surface area (Å²) in [5.74, 6) is 2.80. The first-order chi connectivity index (χ1) is 13.7. The fourth-order valence-corrected chi connectivity index (χ4v) is 3.42. The summed E-state index contributed by atoms with van der Waals surface area (Å²) in [6.45, 7) is 11.6. The Morgan fingerprint density at radius 1 is 1.10 bits per heavy atom. The number of nitrogens with one attached hydrogen (secondary N) is 2. The van der Waals surface area contributed by atoms with Crippen molar-refractivity contribution in [3.05, 3.63) is 53.6 Å². The lowest BCUT2D eigenvalue weighted by Crippen LogP contribution is -2.13. The topological polar surface area (TPSA) is 65.8 Å². The first-order valence-electron chi connectivity index (χ1n) is 9.35. The average Bonchev–Trinajstić information content (AvgIpc) is 2.61. The van der Waals surface area contributed by atoms with E-state index in [4.69, 9.17) is 0 Å². The molecule has 2 N–H and O–H groups in total. The molecule has 29 heavy (non-hydrogen) atoms. The van der Waals surface area contributed by atoms with Gasteiger partial charge in [0.2, 0.25) is 5.96 Å². The van der Waals surface area contributed by atoms with E-state index in [2.05, 4.69) is 65.0 Å². The lowest BCUT2D eigenvalue weighted by Gasteiger charge is -2.10. The van der Waals surface area contributed by atoms with E-state index in [1.807, 2.05) is 31.2 Å². The van der Waals surface area contributed by atoms with Crippen molar-refractivity contribution in [1.82, 2.24) is 0 Å². The molecule has 0 aliphatic carbocycles. The van der Waals surface area contributed by atoms with Crippen LogP contribution in [0.1, 0.15) is 25.0 Å². The van der Waals surface area contributed by atoms with Gasteiger partial charge in [-0.2, -0.15) is 0 Å². The molecule has 0 amide bonds. The van der Waals surface area contributed by atoms with Crippen LogP contribution in [-0.2, 0) is 4.57 Å². The summed E-state index contributed by atoms with van der Waals surface area (Å²) in [4.78, 5) is 8.77. The number of aliphatic imine (C=N–C) groups is 2. The standard InChI is InChI=1S/C20H27N4OP.C3H4/c1-6-21-20(24-18-12-15(2)11-16(3)13-18)23-14-22-17-7-9-19(10-8-17)26(4,5)25;1-3-2/h6-13,22H,14H2,1-5H3,(H,23,24);1H,2H3/b21-6-;. The summed E-state index contributed by atoms with van der Waals surface area (Å²) in [7, 11) is -2.22. The third-order valence-corrected chi connectivity index (χ3v) is 5.27. The molecular weight excluding hydrogens is 379 g/mol. The fourth-order valence-electron chi connectivity index (χ4n) is 2.55. The molecule has 0 heterocycles. The van der Waals surface area contributed by atoms with Gasteiger partial charge in [0, 0.05) is 22.9 Å². The summed E-state index contributed by atoms with van der Waals surface area (Å²) in [5.41, 5.74) is 4.28. The van der Waals surface area contributed by atoms with Gasteiger partial charge in [-0.1, -0.05) is 6.07 Å².